The molecule has 9 nitrogen and oxygen atoms in total. The van der Waals surface area contributed by atoms with E-state index in [2.05, 4.69) is 10.1 Å². The van der Waals surface area contributed by atoms with Crippen molar-refractivity contribution in [2.24, 2.45) is 5.16 Å². The maximum atomic E-state index is 13.7. The first-order chi connectivity index (χ1) is 19.7. The Morgan fingerprint density at radius 3 is 2.66 bits per heavy atom. The largest absolute Gasteiger partial charge is 0.481 e. The molecule has 0 aliphatic carbocycles. The molecule has 3 heterocycles. The Morgan fingerprint density at radius 1 is 1.07 bits per heavy atom. The zero-order valence-electron chi connectivity index (χ0n) is 22.6. The third kappa shape index (κ3) is 5.08. The van der Waals surface area contributed by atoms with E-state index in [1.807, 2.05) is 44.2 Å². The van der Waals surface area contributed by atoms with Gasteiger partial charge in [-0.15, -0.1) is 0 Å². The molecule has 0 saturated heterocycles. The third-order valence-corrected chi connectivity index (χ3v) is 7.40. The number of aliphatic carboxylic acids is 1. The van der Waals surface area contributed by atoms with Crippen LogP contribution in [-0.4, -0.2) is 36.3 Å². The molecule has 41 heavy (non-hydrogen) atoms. The monoisotopic (exact) mass is 553 g/mol. The summed E-state index contributed by atoms with van der Waals surface area (Å²) < 4.78 is 15.1. The number of H-pyrrole nitrogens is 1. The molecule has 1 atom stereocenters. The van der Waals surface area contributed by atoms with E-state index in [0.29, 0.717) is 59.6 Å². The van der Waals surface area contributed by atoms with Crippen molar-refractivity contribution in [2.75, 3.05) is 0 Å². The van der Waals surface area contributed by atoms with Gasteiger partial charge in [-0.2, -0.15) is 0 Å². The smallest absolute Gasteiger partial charge is 0.303 e. The van der Waals surface area contributed by atoms with Gasteiger partial charge in [-0.25, -0.2) is 14.4 Å². The Morgan fingerprint density at radius 2 is 1.88 bits per heavy atom. The van der Waals surface area contributed by atoms with Crippen LogP contribution in [0, 0.1) is 12.7 Å². The maximum Gasteiger partial charge on any atom is 0.303 e. The van der Waals surface area contributed by atoms with Crippen molar-refractivity contribution in [1.29, 1.82) is 0 Å². The topological polar surface area (TPSA) is 122 Å². The van der Waals surface area contributed by atoms with Crippen molar-refractivity contribution in [3.63, 3.8) is 0 Å². The number of halogens is 1. The SMILES string of the molecule is Cc1ccc2nc([C@@]3(C)CC(c4ccc5c(=O)n(-c6ccc(F)cc6)c(CCCCC(=O)O)nc5c4)=NO3)[nH]c2c1. The Balaban J connectivity index is 1.34. The summed E-state index contributed by atoms with van der Waals surface area (Å²) in [5, 5.41) is 13.8. The summed E-state index contributed by atoms with van der Waals surface area (Å²) in [5.74, 6) is -0.126. The molecule has 0 saturated carbocycles. The molecule has 2 N–H and O–H groups in total. The summed E-state index contributed by atoms with van der Waals surface area (Å²) in [4.78, 5) is 43.5. The first kappa shape index (κ1) is 26.4. The highest BCUT2D eigenvalue weighted by Gasteiger charge is 2.39. The average Bonchev–Trinajstić information content (AvgIpc) is 3.56. The summed E-state index contributed by atoms with van der Waals surface area (Å²) in [6.07, 6.45) is 1.85. The Labute approximate surface area is 234 Å². The van der Waals surface area contributed by atoms with E-state index in [1.165, 1.54) is 28.8 Å². The highest BCUT2D eigenvalue weighted by Crippen LogP contribution is 2.36. The predicted octanol–water partition coefficient (Wildman–Crippen LogP) is 5.55. The van der Waals surface area contributed by atoms with E-state index in [4.69, 9.17) is 19.9 Å². The van der Waals surface area contributed by atoms with Gasteiger partial charge in [0, 0.05) is 24.8 Å². The molecule has 0 spiro atoms. The van der Waals surface area contributed by atoms with Gasteiger partial charge in [0.05, 0.1) is 33.3 Å². The molecule has 0 bridgehead atoms. The van der Waals surface area contributed by atoms with Gasteiger partial charge in [0.2, 0.25) is 0 Å². The number of rotatable bonds is 8. The lowest BCUT2D eigenvalue weighted by Crippen LogP contribution is -2.25. The van der Waals surface area contributed by atoms with Crippen molar-refractivity contribution < 1.29 is 19.1 Å². The fourth-order valence-corrected chi connectivity index (χ4v) is 5.19. The highest BCUT2D eigenvalue weighted by molar-refractivity contribution is 6.04. The normalized spacial score (nSPS) is 16.7. The molecule has 0 amide bonds. The number of aryl methyl sites for hydroxylation is 2. The van der Waals surface area contributed by atoms with Crippen LogP contribution >= 0.6 is 0 Å². The predicted molar refractivity (Wildman–Crippen MR) is 153 cm³/mol. The minimum atomic E-state index is -0.874. The number of oxime groups is 1. The number of benzene rings is 3. The minimum absolute atomic E-state index is 0.0297. The zero-order chi connectivity index (χ0) is 28.7. The number of carboxylic acids is 1. The molecule has 208 valence electrons. The standard InChI is InChI=1S/C31H28FN5O4/c1-18-7-14-23-25(15-18)35-30(34-23)31(2)17-26(36-41-31)19-8-13-22-24(16-19)33-27(5-3-4-6-28(38)39)37(29(22)40)21-11-9-20(32)10-12-21/h7-16H,3-6,17H2,1-2H3,(H,34,35)(H,38,39)/t31-/m1/s1. The van der Waals surface area contributed by atoms with Gasteiger partial charge in [-0.05, 0) is 80.8 Å². The van der Waals surface area contributed by atoms with Gasteiger partial charge >= 0.3 is 5.97 Å². The third-order valence-electron chi connectivity index (χ3n) is 7.40. The Hall–Kier alpha value is -4.86. The molecule has 5 aromatic rings. The molecule has 0 fully saturated rings. The molecule has 2 aromatic heterocycles. The summed E-state index contributed by atoms with van der Waals surface area (Å²) >= 11 is 0. The number of carbonyl (C=O) groups is 1. The lowest BCUT2D eigenvalue weighted by molar-refractivity contribution is -0.137. The number of nitrogens with one attached hydrogen (secondary N) is 1. The van der Waals surface area contributed by atoms with Crippen molar-refractivity contribution in [2.45, 2.75) is 51.6 Å². The average molecular weight is 554 g/mol. The fraction of sp³-hybridized carbons (Fsp3) is 0.258. The van der Waals surface area contributed by atoms with Crippen LogP contribution in [0.3, 0.4) is 0 Å². The quantitative estimate of drug-likeness (QED) is 0.243. The van der Waals surface area contributed by atoms with Crippen LogP contribution in [0.2, 0.25) is 0 Å². The molecule has 10 heteroatoms. The van der Waals surface area contributed by atoms with Gasteiger partial charge in [-0.1, -0.05) is 17.3 Å². The van der Waals surface area contributed by atoms with E-state index in [1.54, 1.807) is 6.07 Å². The molecule has 1 aliphatic rings. The number of imidazole rings is 1. The Bertz CT molecular complexity index is 1890. The van der Waals surface area contributed by atoms with Gasteiger partial charge in [0.1, 0.15) is 11.6 Å². The molecular formula is C31H28FN5O4. The number of carboxylic acid groups (broad SMARTS) is 1. The lowest BCUT2D eigenvalue weighted by Gasteiger charge is -2.18. The van der Waals surface area contributed by atoms with E-state index in [-0.39, 0.29) is 12.0 Å². The van der Waals surface area contributed by atoms with E-state index in [0.717, 1.165) is 22.2 Å². The summed E-state index contributed by atoms with van der Waals surface area (Å²) in [7, 11) is 0. The number of fused-ring (bicyclic) bond motifs is 2. The van der Waals surface area contributed by atoms with E-state index in [9.17, 15) is 14.0 Å². The molecule has 1 aliphatic heterocycles. The minimum Gasteiger partial charge on any atom is -0.481 e. The second-order valence-electron chi connectivity index (χ2n) is 10.6. The van der Waals surface area contributed by atoms with Gasteiger partial charge in [0.15, 0.2) is 11.4 Å². The first-order valence-corrected chi connectivity index (χ1v) is 13.5. The van der Waals surface area contributed by atoms with E-state index >= 15 is 0 Å². The second-order valence-corrected chi connectivity index (χ2v) is 10.6. The van der Waals surface area contributed by atoms with Crippen molar-refractivity contribution in [3.05, 3.63) is 99.6 Å². The van der Waals surface area contributed by atoms with Crippen molar-refractivity contribution in [1.82, 2.24) is 19.5 Å². The summed E-state index contributed by atoms with van der Waals surface area (Å²) in [6.45, 7) is 3.96. The first-order valence-electron chi connectivity index (χ1n) is 13.5. The van der Waals surface area contributed by atoms with E-state index < -0.39 is 17.4 Å². The number of aromatic nitrogens is 4. The zero-order valence-corrected chi connectivity index (χ0v) is 22.6. The molecular weight excluding hydrogens is 525 g/mol. The molecule has 3 aromatic carbocycles. The Kier molecular flexibility index (Phi) is 6.61. The summed E-state index contributed by atoms with van der Waals surface area (Å²) in [5.41, 5.74) is 4.32. The van der Waals surface area contributed by atoms with Crippen molar-refractivity contribution >= 4 is 33.6 Å². The molecule has 0 radical (unpaired) electrons. The second kappa shape index (κ2) is 10.3. The van der Waals surface area contributed by atoms with Crippen LogP contribution < -0.4 is 5.56 Å². The summed E-state index contributed by atoms with van der Waals surface area (Å²) in [6, 6.07) is 17.0. The van der Waals surface area contributed by atoms with Crippen LogP contribution in [0.5, 0.6) is 0 Å². The van der Waals surface area contributed by atoms with Crippen LogP contribution in [0.4, 0.5) is 4.39 Å². The van der Waals surface area contributed by atoms with Crippen LogP contribution in [0.15, 0.2) is 70.6 Å². The maximum absolute atomic E-state index is 13.7. The fourth-order valence-electron chi connectivity index (χ4n) is 5.19. The van der Waals surface area contributed by atoms with Gasteiger partial charge in [0.25, 0.3) is 5.56 Å². The van der Waals surface area contributed by atoms with Crippen LogP contribution in [0.1, 0.15) is 55.4 Å². The van der Waals surface area contributed by atoms with Gasteiger partial charge in [-0.3, -0.25) is 14.2 Å². The number of nitrogens with zero attached hydrogens (tertiary/aromatic N) is 4. The van der Waals surface area contributed by atoms with Crippen molar-refractivity contribution in [3.8, 4) is 5.69 Å². The molecule has 6 rings (SSSR count). The van der Waals surface area contributed by atoms with Gasteiger partial charge < -0.3 is 14.9 Å². The number of aromatic amines is 1. The number of unbranched alkanes of at least 4 members (excludes halogenated alkanes) is 1. The highest BCUT2D eigenvalue weighted by atomic mass is 19.1. The lowest BCUT2D eigenvalue weighted by atomic mass is 9.95. The van der Waals surface area contributed by atoms with Crippen LogP contribution in [-0.2, 0) is 21.7 Å². The molecule has 0 unspecified atom stereocenters. The van der Waals surface area contributed by atoms with Crippen LogP contribution in [0.25, 0.3) is 27.6 Å². The number of hydrogen-bond donors (Lipinski definition) is 2. The number of hydrogen-bond acceptors (Lipinski definition) is 6.